The monoisotopic (exact) mass is 279 g/mol. The number of hydrogen-bond acceptors (Lipinski definition) is 2. The lowest BCUT2D eigenvalue weighted by molar-refractivity contribution is 0.0619. The summed E-state index contributed by atoms with van der Waals surface area (Å²) in [4.78, 5) is 0. The maximum Gasteiger partial charge on any atom is 0.0469 e. The van der Waals surface area contributed by atoms with E-state index in [1.54, 1.807) is 0 Å². The van der Waals surface area contributed by atoms with Gasteiger partial charge < -0.3 is 10.1 Å². The third kappa shape index (κ3) is 3.98. The van der Waals surface area contributed by atoms with Gasteiger partial charge in [0, 0.05) is 19.3 Å². The van der Waals surface area contributed by atoms with Gasteiger partial charge in [-0.2, -0.15) is 0 Å². The van der Waals surface area contributed by atoms with Crippen LogP contribution in [0.25, 0.3) is 0 Å². The molecule has 0 amide bonds. The highest BCUT2D eigenvalue weighted by atomic mass is 16.5. The van der Waals surface area contributed by atoms with Crippen molar-refractivity contribution in [3.05, 3.63) is 0 Å². The van der Waals surface area contributed by atoms with Gasteiger partial charge in [-0.15, -0.1) is 0 Å². The van der Waals surface area contributed by atoms with Gasteiger partial charge in [-0.25, -0.2) is 0 Å². The fourth-order valence-corrected chi connectivity index (χ4v) is 4.81. The van der Waals surface area contributed by atoms with Crippen LogP contribution in [0, 0.1) is 17.8 Å². The first-order valence-electron chi connectivity index (χ1n) is 9.24. The summed E-state index contributed by atoms with van der Waals surface area (Å²) in [5.41, 5.74) is 0. The van der Waals surface area contributed by atoms with Crippen LogP contribution in [0.15, 0.2) is 0 Å². The Morgan fingerprint density at radius 1 is 0.750 bits per heavy atom. The molecule has 3 rings (SSSR count). The zero-order chi connectivity index (χ0) is 13.6. The molecule has 1 aliphatic heterocycles. The van der Waals surface area contributed by atoms with E-state index in [9.17, 15) is 0 Å². The van der Waals surface area contributed by atoms with Crippen LogP contribution in [0.4, 0.5) is 0 Å². The Labute approximate surface area is 125 Å². The van der Waals surface area contributed by atoms with E-state index in [-0.39, 0.29) is 0 Å². The molecule has 0 aromatic carbocycles. The van der Waals surface area contributed by atoms with Crippen molar-refractivity contribution < 1.29 is 4.74 Å². The maximum absolute atomic E-state index is 5.48. The van der Waals surface area contributed by atoms with Crippen LogP contribution in [0.5, 0.6) is 0 Å². The Balaban J connectivity index is 1.49. The fraction of sp³-hybridized carbons (Fsp3) is 1.00. The predicted molar refractivity (Wildman–Crippen MR) is 83.9 cm³/mol. The first-order valence-corrected chi connectivity index (χ1v) is 9.24. The molecule has 0 spiro atoms. The average Bonchev–Trinajstić information content (AvgIpc) is 2.55. The zero-order valence-corrected chi connectivity index (χ0v) is 13.1. The highest BCUT2D eigenvalue weighted by Gasteiger charge is 2.32. The molecule has 2 nitrogen and oxygen atoms in total. The van der Waals surface area contributed by atoms with Gasteiger partial charge in [-0.1, -0.05) is 44.9 Å². The Kier molecular flexibility index (Phi) is 5.78. The van der Waals surface area contributed by atoms with Gasteiger partial charge >= 0.3 is 0 Å². The van der Waals surface area contributed by atoms with E-state index >= 15 is 0 Å². The Morgan fingerprint density at radius 2 is 1.45 bits per heavy atom. The quantitative estimate of drug-likeness (QED) is 0.835. The number of hydrogen-bond donors (Lipinski definition) is 1. The van der Waals surface area contributed by atoms with Crippen molar-refractivity contribution in [2.75, 3.05) is 19.8 Å². The largest absolute Gasteiger partial charge is 0.381 e. The second kappa shape index (κ2) is 7.79. The molecule has 2 aliphatic carbocycles. The molecule has 0 aromatic heterocycles. The summed E-state index contributed by atoms with van der Waals surface area (Å²) in [5, 5.41) is 3.98. The van der Waals surface area contributed by atoms with E-state index in [1.165, 1.54) is 77.2 Å². The molecule has 116 valence electrons. The van der Waals surface area contributed by atoms with Gasteiger partial charge in [0.25, 0.3) is 0 Å². The molecule has 1 heterocycles. The first kappa shape index (κ1) is 14.8. The third-order valence-corrected chi connectivity index (χ3v) is 6.08. The summed E-state index contributed by atoms with van der Waals surface area (Å²) < 4.78 is 5.48. The van der Waals surface area contributed by atoms with Gasteiger partial charge in [0.15, 0.2) is 0 Å². The van der Waals surface area contributed by atoms with Crippen LogP contribution in [-0.4, -0.2) is 25.8 Å². The molecular formula is C18H33NO. The standard InChI is InChI=1S/C18H33NO/c1-2-6-16(7-3-1)17-8-4-5-9-18(17)19-14-15-10-12-20-13-11-15/h15-19H,1-14H2. The number of nitrogens with one attached hydrogen (secondary N) is 1. The van der Waals surface area contributed by atoms with Crippen molar-refractivity contribution in [2.24, 2.45) is 17.8 Å². The Bertz CT molecular complexity index is 269. The summed E-state index contributed by atoms with van der Waals surface area (Å²) in [6.45, 7) is 3.23. The van der Waals surface area contributed by atoms with Crippen molar-refractivity contribution in [3.63, 3.8) is 0 Å². The topological polar surface area (TPSA) is 21.3 Å². The average molecular weight is 279 g/mol. The first-order chi connectivity index (χ1) is 9.93. The van der Waals surface area contributed by atoms with Crippen molar-refractivity contribution in [2.45, 2.75) is 76.7 Å². The molecule has 0 bridgehead atoms. The summed E-state index contributed by atoms with van der Waals surface area (Å²) in [5.74, 6) is 2.90. The molecule has 0 radical (unpaired) electrons. The lowest BCUT2D eigenvalue weighted by Crippen LogP contribution is -2.44. The van der Waals surface area contributed by atoms with Crippen LogP contribution in [-0.2, 0) is 4.74 Å². The zero-order valence-electron chi connectivity index (χ0n) is 13.1. The third-order valence-electron chi connectivity index (χ3n) is 6.08. The molecule has 2 atom stereocenters. The van der Waals surface area contributed by atoms with Gasteiger partial charge in [0.2, 0.25) is 0 Å². The smallest absolute Gasteiger partial charge is 0.0469 e. The maximum atomic E-state index is 5.48. The van der Waals surface area contributed by atoms with E-state index in [1.807, 2.05) is 0 Å². The van der Waals surface area contributed by atoms with E-state index < -0.39 is 0 Å². The molecule has 0 aromatic rings. The van der Waals surface area contributed by atoms with E-state index in [4.69, 9.17) is 4.74 Å². The second-order valence-electron chi connectivity index (χ2n) is 7.42. The molecule has 1 N–H and O–H groups in total. The fourth-order valence-electron chi connectivity index (χ4n) is 4.81. The minimum Gasteiger partial charge on any atom is -0.381 e. The van der Waals surface area contributed by atoms with Gasteiger partial charge in [-0.05, 0) is 50.0 Å². The number of rotatable bonds is 4. The highest BCUT2D eigenvalue weighted by molar-refractivity contribution is 4.87. The summed E-state index contributed by atoms with van der Waals surface area (Å²) >= 11 is 0. The Hall–Kier alpha value is -0.0800. The molecule has 3 fully saturated rings. The predicted octanol–water partition coefficient (Wildman–Crippen LogP) is 4.14. The van der Waals surface area contributed by atoms with Crippen LogP contribution < -0.4 is 5.32 Å². The van der Waals surface area contributed by atoms with E-state index in [0.717, 1.165) is 37.0 Å². The van der Waals surface area contributed by atoms with Crippen molar-refractivity contribution in [1.82, 2.24) is 5.32 Å². The van der Waals surface area contributed by atoms with Crippen LogP contribution in [0.2, 0.25) is 0 Å². The lowest BCUT2D eigenvalue weighted by atomic mass is 9.71. The van der Waals surface area contributed by atoms with Gasteiger partial charge in [0.05, 0.1) is 0 Å². The molecule has 2 heteroatoms. The molecule has 2 saturated carbocycles. The van der Waals surface area contributed by atoms with Gasteiger partial charge in [-0.3, -0.25) is 0 Å². The normalized spacial score (nSPS) is 34.2. The lowest BCUT2D eigenvalue weighted by Gasteiger charge is -2.40. The van der Waals surface area contributed by atoms with Crippen LogP contribution >= 0.6 is 0 Å². The van der Waals surface area contributed by atoms with Crippen LogP contribution in [0.1, 0.15) is 70.6 Å². The molecular weight excluding hydrogens is 246 g/mol. The van der Waals surface area contributed by atoms with E-state index in [0.29, 0.717) is 0 Å². The summed E-state index contributed by atoms with van der Waals surface area (Å²) in [6, 6.07) is 0.828. The minimum absolute atomic E-state index is 0.828. The Morgan fingerprint density at radius 3 is 2.25 bits per heavy atom. The van der Waals surface area contributed by atoms with E-state index in [2.05, 4.69) is 5.32 Å². The molecule has 2 unspecified atom stereocenters. The summed E-state index contributed by atoms with van der Waals surface area (Å²) in [6.07, 6.45) is 15.9. The van der Waals surface area contributed by atoms with Crippen LogP contribution in [0.3, 0.4) is 0 Å². The van der Waals surface area contributed by atoms with Crippen molar-refractivity contribution in [3.8, 4) is 0 Å². The highest BCUT2D eigenvalue weighted by Crippen LogP contribution is 2.38. The van der Waals surface area contributed by atoms with Crippen molar-refractivity contribution in [1.29, 1.82) is 0 Å². The molecule has 1 saturated heterocycles. The summed E-state index contributed by atoms with van der Waals surface area (Å²) in [7, 11) is 0. The number of ether oxygens (including phenoxy) is 1. The minimum atomic E-state index is 0.828. The van der Waals surface area contributed by atoms with Crippen molar-refractivity contribution >= 4 is 0 Å². The molecule has 3 aliphatic rings. The SMILES string of the molecule is C1CCC(C2CCCCC2NCC2CCOCC2)CC1. The second-order valence-corrected chi connectivity index (χ2v) is 7.42. The van der Waals surface area contributed by atoms with Gasteiger partial charge in [0.1, 0.15) is 0 Å². The molecule has 20 heavy (non-hydrogen) atoms.